The summed E-state index contributed by atoms with van der Waals surface area (Å²) in [5.74, 6) is 0. The molecule has 0 amide bonds. The highest BCUT2D eigenvalue weighted by Crippen LogP contribution is 2.27. The molecule has 0 spiro atoms. The first-order valence-electron chi connectivity index (χ1n) is 4.90. The predicted octanol–water partition coefficient (Wildman–Crippen LogP) is 1.08. The van der Waals surface area contributed by atoms with Gasteiger partial charge in [-0.2, -0.15) is 0 Å². The number of hydrogen-bond donors (Lipinski definition) is 0. The smallest absolute Gasteiger partial charge is 0.122 e. The van der Waals surface area contributed by atoms with Crippen LogP contribution >= 0.6 is 0 Å². The Balaban J connectivity index is 2.57. The number of nitrogens with zero attached hydrogens (tertiary/aromatic N) is 1. The quantitative estimate of drug-likeness (QED) is 0.616. The van der Waals surface area contributed by atoms with E-state index < -0.39 is 0 Å². The van der Waals surface area contributed by atoms with Crippen LogP contribution in [-0.2, 0) is 9.53 Å². The van der Waals surface area contributed by atoms with Crippen molar-refractivity contribution in [3.63, 3.8) is 0 Å². The van der Waals surface area contributed by atoms with Crippen molar-refractivity contribution in [1.29, 1.82) is 0 Å². The number of hydrogen-bond acceptors (Lipinski definition) is 3. The second-order valence-corrected chi connectivity index (χ2v) is 3.91. The summed E-state index contributed by atoms with van der Waals surface area (Å²) in [6.45, 7) is 2.14. The first-order valence-corrected chi connectivity index (χ1v) is 4.90. The van der Waals surface area contributed by atoms with Crippen molar-refractivity contribution < 1.29 is 9.53 Å². The Labute approximate surface area is 80.1 Å². The van der Waals surface area contributed by atoms with Crippen molar-refractivity contribution in [3.05, 3.63) is 0 Å². The van der Waals surface area contributed by atoms with Crippen LogP contribution in [0.5, 0.6) is 0 Å². The Morgan fingerprint density at radius 2 is 2.23 bits per heavy atom. The van der Waals surface area contributed by atoms with Gasteiger partial charge in [-0.1, -0.05) is 0 Å². The minimum Gasteiger partial charge on any atom is -0.378 e. The summed E-state index contributed by atoms with van der Waals surface area (Å²) in [5.41, 5.74) is -0.174. The molecule has 0 N–H and O–H groups in total. The summed E-state index contributed by atoms with van der Waals surface area (Å²) < 4.78 is 5.49. The van der Waals surface area contributed by atoms with Crippen LogP contribution in [0, 0.1) is 0 Å². The molecule has 0 saturated carbocycles. The van der Waals surface area contributed by atoms with Crippen LogP contribution in [-0.4, -0.2) is 44.0 Å². The second kappa shape index (κ2) is 4.72. The zero-order valence-electron chi connectivity index (χ0n) is 8.58. The fraction of sp³-hybridized carbons (Fsp3) is 0.900. The molecular formula is C10H19NO2. The van der Waals surface area contributed by atoms with Crippen molar-refractivity contribution in [3.8, 4) is 0 Å². The summed E-state index contributed by atoms with van der Waals surface area (Å²) in [6, 6.07) is 0. The summed E-state index contributed by atoms with van der Waals surface area (Å²) in [4.78, 5) is 12.8. The Morgan fingerprint density at radius 3 is 2.85 bits per heavy atom. The number of methoxy groups -OCH3 is 1. The molecule has 0 aromatic carbocycles. The summed E-state index contributed by atoms with van der Waals surface area (Å²) >= 11 is 0. The van der Waals surface area contributed by atoms with Gasteiger partial charge in [0.05, 0.1) is 5.60 Å². The summed E-state index contributed by atoms with van der Waals surface area (Å²) in [5, 5.41) is 0. The van der Waals surface area contributed by atoms with E-state index in [1.54, 1.807) is 7.11 Å². The maximum absolute atomic E-state index is 10.5. The highest BCUT2D eigenvalue weighted by atomic mass is 16.5. The highest BCUT2D eigenvalue weighted by Gasteiger charge is 2.31. The third-order valence-electron chi connectivity index (χ3n) is 3.01. The number of carbonyl (C=O) groups is 1. The van der Waals surface area contributed by atoms with Crippen LogP contribution in [0.4, 0.5) is 0 Å². The molecule has 1 heterocycles. The van der Waals surface area contributed by atoms with Gasteiger partial charge in [0.1, 0.15) is 6.29 Å². The molecule has 1 saturated heterocycles. The van der Waals surface area contributed by atoms with Gasteiger partial charge in [-0.15, -0.1) is 0 Å². The Hall–Kier alpha value is -0.410. The van der Waals surface area contributed by atoms with Crippen LogP contribution in [0.25, 0.3) is 0 Å². The molecular weight excluding hydrogens is 166 g/mol. The molecule has 3 heteroatoms. The molecule has 1 aliphatic rings. The zero-order chi connectivity index (χ0) is 9.73. The van der Waals surface area contributed by atoms with Crippen LogP contribution in [0.15, 0.2) is 0 Å². The third-order valence-corrected chi connectivity index (χ3v) is 3.01. The van der Waals surface area contributed by atoms with Gasteiger partial charge in [0.2, 0.25) is 0 Å². The SMILES string of the molecule is COC1(CC=O)CCCN(C)CC1. The van der Waals surface area contributed by atoms with Crippen LogP contribution in [0.1, 0.15) is 25.7 Å². The van der Waals surface area contributed by atoms with Gasteiger partial charge in [0, 0.05) is 20.1 Å². The fourth-order valence-corrected chi connectivity index (χ4v) is 1.95. The van der Waals surface area contributed by atoms with Crippen LogP contribution in [0.2, 0.25) is 0 Å². The van der Waals surface area contributed by atoms with E-state index in [-0.39, 0.29) is 5.60 Å². The highest BCUT2D eigenvalue weighted by molar-refractivity contribution is 5.51. The number of rotatable bonds is 3. The topological polar surface area (TPSA) is 29.5 Å². The van der Waals surface area contributed by atoms with E-state index in [0.29, 0.717) is 6.42 Å². The Kier molecular flexibility index (Phi) is 3.88. The van der Waals surface area contributed by atoms with E-state index >= 15 is 0 Å². The lowest BCUT2D eigenvalue weighted by atomic mass is 9.91. The van der Waals surface area contributed by atoms with Gasteiger partial charge in [-0.05, 0) is 32.9 Å². The largest absolute Gasteiger partial charge is 0.378 e. The van der Waals surface area contributed by atoms with Gasteiger partial charge in [0.15, 0.2) is 0 Å². The Bertz CT molecular complexity index is 172. The first-order chi connectivity index (χ1) is 6.22. The van der Waals surface area contributed by atoms with E-state index in [1.807, 2.05) is 0 Å². The van der Waals surface area contributed by atoms with E-state index in [2.05, 4.69) is 11.9 Å². The van der Waals surface area contributed by atoms with Crippen molar-refractivity contribution in [2.45, 2.75) is 31.3 Å². The Morgan fingerprint density at radius 1 is 1.46 bits per heavy atom. The molecule has 0 aromatic heterocycles. The van der Waals surface area contributed by atoms with Crippen LogP contribution in [0.3, 0.4) is 0 Å². The molecule has 1 rings (SSSR count). The molecule has 0 radical (unpaired) electrons. The molecule has 1 aliphatic heterocycles. The second-order valence-electron chi connectivity index (χ2n) is 3.91. The first kappa shape index (κ1) is 10.7. The van der Waals surface area contributed by atoms with Crippen molar-refractivity contribution in [2.24, 2.45) is 0 Å². The molecule has 3 nitrogen and oxygen atoms in total. The average molecular weight is 185 g/mol. The van der Waals surface area contributed by atoms with E-state index in [4.69, 9.17) is 4.74 Å². The maximum Gasteiger partial charge on any atom is 0.122 e. The molecule has 76 valence electrons. The fourth-order valence-electron chi connectivity index (χ4n) is 1.95. The van der Waals surface area contributed by atoms with E-state index in [0.717, 1.165) is 38.6 Å². The summed E-state index contributed by atoms with van der Waals surface area (Å²) in [7, 11) is 3.83. The third kappa shape index (κ3) is 2.78. The summed E-state index contributed by atoms with van der Waals surface area (Å²) in [6.07, 6.45) is 4.62. The zero-order valence-corrected chi connectivity index (χ0v) is 8.58. The van der Waals surface area contributed by atoms with E-state index in [9.17, 15) is 4.79 Å². The van der Waals surface area contributed by atoms with Gasteiger partial charge in [0.25, 0.3) is 0 Å². The number of ether oxygens (including phenoxy) is 1. The van der Waals surface area contributed by atoms with Crippen LogP contribution < -0.4 is 0 Å². The molecule has 0 bridgehead atoms. The van der Waals surface area contributed by atoms with Crippen molar-refractivity contribution in [1.82, 2.24) is 4.90 Å². The van der Waals surface area contributed by atoms with Gasteiger partial charge < -0.3 is 14.4 Å². The molecule has 0 aromatic rings. The van der Waals surface area contributed by atoms with Gasteiger partial charge >= 0.3 is 0 Å². The molecule has 1 fully saturated rings. The van der Waals surface area contributed by atoms with Gasteiger partial charge in [-0.3, -0.25) is 0 Å². The lowest BCUT2D eigenvalue weighted by molar-refractivity contribution is -0.114. The van der Waals surface area contributed by atoms with Crippen molar-refractivity contribution >= 4 is 6.29 Å². The monoisotopic (exact) mass is 185 g/mol. The number of aldehydes is 1. The standard InChI is InChI=1S/C10H19NO2/c1-11-7-3-4-10(13-2,5-8-11)6-9-12/h9H,3-8H2,1-2H3. The average Bonchev–Trinajstić information content (AvgIpc) is 2.30. The van der Waals surface area contributed by atoms with Crippen molar-refractivity contribution in [2.75, 3.05) is 27.2 Å². The molecule has 13 heavy (non-hydrogen) atoms. The number of likely N-dealkylation sites (tertiary alicyclic amines) is 1. The minimum atomic E-state index is -0.174. The number of carbonyl (C=O) groups excluding carboxylic acids is 1. The molecule has 0 aliphatic carbocycles. The minimum absolute atomic E-state index is 0.174. The maximum atomic E-state index is 10.5. The lowest BCUT2D eigenvalue weighted by Crippen LogP contribution is -2.33. The van der Waals surface area contributed by atoms with E-state index in [1.165, 1.54) is 0 Å². The van der Waals surface area contributed by atoms with Gasteiger partial charge in [-0.25, -0.2) is 0 Å². The molecule has 1 unspecified atom stereocenters. The lowest BCUT2D eigenvalue weighted by Gasteiger charge is -2.29. The predicted molar refractivity (Wildman–Crippen MR) is 51.8 cm³/mol. The molecule has 1 atom stereocenters. The normalized spacial score (nSPS) is 31.2.